The average Bonchev–Trinajstić information content (AvgIpc) is 2.98. The second kappa shape index (κ2) is 5.81. The summed E-state index contributed by atoms with van der Waals surface area (Å²) in [6.07, 6.45) is 1.02. The van der Waals surface area contributed by atoms with Crippen molar-refractivity contribution in [3.05, 3.63) is 29.6 Å². The maximum atomic E-state index is 13.1. The normalized spacial score (nSPS) is 24.3. The quantitative estimate of drug-likeness (QED) is 0.916. The average molecular weight is 293 g/mol. The number of carbonyl (C=O) groups excluding carboxylic acids is 2. The molecule has 0 bridgehead atoms. The van der Waals surface area contributed by atoms with Gasteiger partial charge in [-0.15, -0.1) is 0 Å². The highest BCUT2D eigenvalue weighted by atomic mass is 19.1. The van der Waals surface area contributed by atoms with E-state index in [0.717, 1.165) is 25.5 Å². The standard InChI is InChI=1S/C15H16FNO4/c16-9-3-4-13-11(6-9)12(18)7-14(21-13)15(19)17-8-10-2-1-5-20-10/h3-4,6,10,14H,1-2,5,7-8H2,(H,17,19)/t10-,14+/m1/s1. The Kier molecular flexibility index (Phi) is 3.88. The van der Waals surface area contributed by atoms with Crippen LogP contribution in [-0.4, -0.2) is 37.0 Å². The van der Waals surface area contributed by atoms with E-state index >= 15 is 0 Å². The molecule has 1 aromatic carbocycles. The van der Waals surface area contributed by atoms with Gasteiger partial charge in [0.25, 0.3) is 5.91 Å². The number of hydrogen-bond acceptors (Lipinski definition) is 4. The van der Waals surface area contributed by atoms with Gasteiger partial charge in [0.15, 0.2) is 11.9 Å². The SMILES string of the molecule is O=C1C[C@@H](C(=O)NC[C@H]2CCCO2)Oc2ccc(F)cc21. The smallest absolute Gasteiger partial charge is 0.261 e. The van der Waals surface area contributed by atoms with Gasteiger partial charge in [0.2, 0.25) is 0 Å². The summed E-state index contributed by atoms with van der Waals surface area (Å²) in [4.78, 5) is 24.0. The Bertz CT molecular complexity index is 569. The number of hydrogen-bond donors (Lipinski definition) is 1. The first-order chi connectivity index (χ1) is 10.1. The molecule has 0 aliphatic carbocycles. The lowest BCUT2D eigenvalue weighted by Crippen LogP contribution is -2.44. The van der Waals surface area contributed by atoms with Crippen LogP contribution in [0.5, 0.6) is 5.75 Å². The van der Waals surface area contributed by atoms with E-state index in [1.165, 1.54) is 12.1 Å². The topological polar surface area (TPSA) is 64.6 Å². The molecule has 21 heavy (non-hydrogen) atoms. The van der Waals surface area contributed by atoms with E-state index in [1.807, 2.05) is 0 Å². The molecule has 1 saturated heterocycles. The molecule has 0 saturated carbocycles. The van der Waals surface area contributed by atoms with Crippen molar-refractivity contribution in [3.8, 4) is 5.75 Å². The third-order valence-corrected chi connectivity index (χ3v) is 3.70. The van der Waals surface area contributed by atoms with E-state index in [0.29, 0.717) is 6.54 Å². The minimum atomic E-state index is -0.864. The summed E-state index contributed by atoms with van der Waals surface area (Å²) in [7, 11) is 0. The largest absolute Gasteiger partial charge is 0.479 e. The summed E-state index contributed by atoms with van der Waals surface area (Å²) in [5.74, 6) is -0.862. The van der Waals surface area contributed by atoms with Gasteiger partial charge in [-0.2, -0.15) is 0 Å². The number of Topliss-reactive ketones (excluding diaryl/α,β-unsaturated/α-hetero) is 1. The number of nitrogens with one attached hydrogen (secondary N) is 1. The third-order valence-electron chi connectivity index (χ3n) is 3.70. The van der Waals surface area contributed by atoms with Gasteiger partial charge in [-0.25, -0.2) is 4.39 Å². The molecule has 1 N–H and O–H groups in total. The van der Waals surface area contributed by atoms with Gasteiger partial charge < -0.3 is 14.8 Å². The summed E-state index contributed by atoms with van der Waals surface area (Å²) in [5.41, 5.74) is 0.193. The van der Waals surface area contributed by atoms with E-state index in [9.17, 15) is 14.0 Å². The lowest BCUT2D eigenvalue weighted by atomic mass is 10.00. The molecular weight excluding hydrogens is 277 g/mol. The number of halogens is 1. The summed E-state index contributed by atoms with van der Waals surface area (Å²) < 4.78 is 24.0. The van der Waals surface area contributed by atoms with E-state index in [4.69, 9.17) is 9.47 Å². The van der Waals surface area contributed by atoms with Crippen molar-refractivity contribution in [3.63, 3.8) is 0 Å². The lowest BCUT2D eigenvalue weighted by molar-refractivity contribution is -0.128. The van der Waals surface area contributed by atoms with Crippen LogP contribution >= 0.6 is 0 Å². The highest BCUT2D eigenvalue weighted by Crippen LogP contribution is 2.28. The second-order valence-corrected chi connectivity index (χ2v) is 5.25. The Balaban J connectivity index is 1.63. The van der Waals surface area contributed by atoms with Crippen molar-refractivity contribution in [1.29, 1.82) is 0 Å². The van der Waals surface area contributed by atoms with Gasteiger partial charge in [0, 0.05) is 13.2 Å². The van der Waals surface area contributed by atoms with Crippen LogP contribution in [0.25, 0.3) is 0 Å². The molecule has 6 heteroatoms. The molecule has 2 heterocycles. The molecule has 2 aliphatic heterocycles. The number of carbonyl (C=O) groups is 2. The molecule has 0 unspecified atom stereocenters. The molecule has 0 radical (unpaired) electrons. The maximum Gasteiger partial charge on any atom is 0.261 e. The number of rotatable bonds is 3. The Morgan fingerprint density at radius 3 is 3.05 bits per heavy atom. The Morgan fingerprint density at radius 2 is 2.29 bits per heavy atom. The third kappa shape index (κ3) is 3.05. The molecule has 1 aromatic rings. The highest BCUT2D eigenvalue weighted by Gasteiger charge is 2.32. The molecule has 2 aliphatic rings. The molecule has 0 spiro atoms. The number of ether oxygens (including phenoxy) is 2. The number of amides is 1. The summed E-state index contributed by atoms with van der Waals surface area (Å²) in [6.45, 7) is 1.14. The molecule has 5 nitrogen and oxygen atoms in total. The van der Waals surface area contributed by atoms with Crippen molar-refractivity contribution in [1.82, 2.24) is 5.32 Å². The highest BCUT2D eigenvalue weighted by molar-refractivity contribution is 6.03. The van der Waals surface area contributed by atoms with Crippen LogP contribution in [0.3, 0.4) is 0 Å². The summed E-state index contributed by atoms with van der Waals surface area (Å²) in [5, 5.41) is 2.74. The zero-order valence-electron chi connectivity index (χ0n) is 11.4. The van der Waals surface area contributed by atoms with E-state index in [-0.39, 0.29) is 35.5 Å². The van der Waals surface area contributed by atoms with Gasteiger partial charge in [-0.05, 0) is 31.0 Å². The van der Waals surface area contributed by atoms with Gasteiger partial charge in [-0.3, -0.25) is 9.59 Å². The summed E-state index contributed by atoms with van der Waals surface area (Å²) >= 11 is 0. The zero-order chi connectivity index (χ0) is 14.8. The van der Waals surface area contributed by atoms with Crippen molar-refractivity contribution < 1.29 is 23.5 Å². The first-order valence-corrected chi connectivity index (χ1v) is 7.02. The van der Waals surface area contributed by atoms with Gasteiger partial charge >= 0.3 is 0 Å². The minimum Gasteiger partial charge on any atom is -0.479 e. The molecule has 3 rings (SSSR count). The Labute approximate surface area is 121 Å². The first kappa shape index (κ1) is 14.0. The lowest BCUT2D eigenvalue weighted by Gasteiger charge is -2.24. The fourth-order valence-corrected chi connectivity index (χ4v) is 2.58. The molecule has 112 valence electrons. The number of fused-ring (bicyclic) bond motifs is 1. The zero-order valence-corrected chi connectivity index (χ0v) is 11.4. The van der Waals surface area contributed by atoms with Gasteiger partial charge in [0.1, 0.15) is 11.6 Å². The predicted octanol–water partition coefficient (Wildman–Crippen LogP) is 1.45. The van der Waals surface area contributed by atoms with E-state index < -0.39 is 11.9 Å². The van der Waals surface area contributed by atoms with Crippen LogP contribution in [0.4, 0.5) is 4.39 Å². The number of ketones is 1. The van der Waals surface area contributed by atoms with Crippen LogP contribution in [-0.2, 0) is 9.53 Å². The van der Waals surface area contributed by atoms with Gasteiger partial charge in [0.05, 0.1) is 18.1 Å². The molecule has 0 aromatic heterocycles. The summed E-state index contributed by atoms with van der Waals surface area (Å²) in [6, 6.07) is 3.72. The Morgan fingerprint density at radius 1 is 1.43 bits per heavy atom. The van der Waals surface area contributed by atoms with Crippen molar-refractivity contribution in [2.24, 2.45) is 0 Å². The fourth-order valence-electron chi connectivity index (χ4n) is 2.58. The molecule has 1 fully saturated rings. The minimum absolute atomic E-state index is 0.0367. The van der Waals surface area contributed by atoms with Crippen LogP contribution in [0.15, 0.2) is 18.2 Å². The molecule has 2 atom stereocenters. The van der Waals surface area contributed by atoms with Crippen molar-refractivity contribution in [2.75, 3.05) is 13.2 Å². The van der Waals surface area contributed by atoms with Gasteiger partial charge in [-0.1, -0.05) is 0 Å². The monoisotopic (exact) mass is 293 g/mol. The molecule has 1 amide bonds. The first-order valence-electron chi connectivity index (χ1n) is 7.02. The molecular formula is C15H16FNO4. The predicted molar refractivity (Wildman–Crippen MR) is 71.7 cm³/mol. The van der Waals surface area contributed by atoms with Crippen molar-refractivity contribution in [2.45, 2.75) is 31.5 Å². The van der Waals surface area contributed by atoms with Crippen LogP contribution in [0.2, 0.25) is 0 Å². The van der Waals surface area contributed by atoms with Crippen LogP contribution in [0.1, 0.15) is 29.6 Å². The maximum absolute atomic E-state index is 13.1. The van der Waals surface area contributed by atoms with Crippen LogP contribution in [0, 0.1) is 5.82 Å². The van der Waals surface area contributed by atoms with E-state index in [2.05, 4.69) is 5.32 Å². The Hall–Kier alpha value is -1.95. The van der Waals surface area contributed by atoms with Crippen LogP contribution < -0.4 is 10.1 Å². The second-order valence-electron chi connectivity index (χ2n) is 5.25. The fraction of sp³-hybridized carbons (Fsp3) is 0.467. The number of benzene rings is 1. The van der Waals surface area contributed by atoms with E-state index in [1.54, 1.807) is 0 Å². The van der Waals surface area contributed by atoms with Crippen molar-refractivity contribution >= 4 is 11.7 Å².